The van der Waals surface area contributed by atoms with Gasteiger partial charge in [-0.05, 0) is 24.8 Å². The zero-order valence-electron chi connectivity index (χ0n) is 18.5. The molecule has 1 amide bonds. The van der Waals surface area contributed by atoms with Gasteiger partial charge in [0.1, 0.15) is 0 Å². The van der Waals surface area contributed by atoms with E-state index in [0.29, 0.717) is 0 Å². The van der Waals surface area contributed by atoms with Crippen molar-refractivity contribution in [3.05, 3.63) is 29.8 Å². The van der Waals surface area contributed by atoms with Crippen LogP contribution in [0.4, 0.5) is 0 Å². The molecule has 1 aromatic carbocycles. The zero-order valence-corrected chi connectivity index (χ0v) is 19.3. The average molecular weight is 417 g/mol. The van der Waals surface area contributed by atoms with Crippen LogP contribution < -0.4 is 4.90 Å². The van der Waals surface area contributed by atoms with Crippen LogP contribution in [-0.2, 0) is 17.3 Å². The fourth-order valence-electron chi connectivity index (χ4n) is 3.65. The molecule has 6 nitrogen and oxygen atoms in total. The molecule has 1 fully saturated rings. The van der Waals surface area contributed by atoms with E-state index in [1.165, 1.54) is 17.3 Å². The first-order valence-corrected chi connectivity index (χ1v) is 11.4. The lowest BCUT2D eigenvalue weighted by molar-refractivity contribution is -0.902. The highest BCUT2D eigenvalue weighted by Gasteiger charge is 2.28. The molecule has 7 heteroatoms. The van der Waals surface area contributed by atoms with Crippen molar-refractivity contribution in [1.82, 2.24) is 19.7 Å². The number of likely N-dealkylation sites (N-methyl/N-ethyl adjacent to an activating group) is 1. The number of hydrogen-bond donors (Lipinski definition) is 1. The Morgan fingerprint density at radius 2 is 1.79 bits per heavy atom. The van der Waals surface area contributed by atoms with Gasteiger partial charge in [0, 0.05) is 12.6 Å². The third-order valence-corrected chi connectivity index (χ3v) is 6.88. The summed E-state index contributed by atoms with van der Waals surface area (Å²) in [5.41, 5.74) is 2.46. The van der Waals surface area contributed by atoms with Gasteiger partial charge in [-0.3, -0.25) is 4.79 Å². The number of nitrogens with one attached hydrogen (secondary N) is 1. The van der Waals surface area contributed by atoms with Crippen LogP contribution in [0.1, 0.15) is 40.2 Å². The van der Waals surface area contributed by atoms with Crippen LogP contribution in [0.5, 0.6) is 0 Å². The summed E-state index contributed by atoms with van der Waals surface area (Å²) in [5, 5.41) is 9.35. The Bertz CT molecular complexity index is 832. The molecule has 2 aromatic rings. The largest absolute Gasteiger partial charge is 0.332 e. The smallest absolute Gasteiger partial charge is 0.236 e. The van der Waals surface area contributed by atoms with E-state index >= 15 is 0 Å². The van der Waals surface area contributed by atoms with Crippen molar-refractivity contribution in [2.45, 2.75) is 50.4 Å². The monoisotopic (exact) mass is 416 g/mol. The summed E-state index contributed by atoms with van der Waals surface area (Å²) in [7, 11) is 1.97. The minimum absolute atomic E-state index is 0.124. The van der Waals surface area contributed by atoms with Crippen molar-refractivity contribution in [2.75, 3.05) is 32.7 Å². The third-order valence-electron chi connectivity index (χ3n) is 5.76. The lowest BCUT2D eigenvalue weighted by Gasteiger charge is -2.32. The fraction of sp³-hybridized carbons (Fsp3) is 0.591. The van der Waals surface area contributed by atoms with Gasteiger partial charge in [-0.2, -0.15) is 0 Å². The standard InChI is InChI=1S/C22H33N5OS/c1-7-26-12-14-27(15-13-26)20(28)16(2)29-21-24-23-19(25(21)6)17-8-10-18(11-9-17)22(3,4)5/h8-11,16H,7,12-15H2,1-6H3/p+1/t16-/m1/s1. The fourth-order valence-corrected chi connectivity index (χ4v) is 4.55. The molecule has 29 heavy (non-hydrogen) atoms. The van der Waals surface area contributed by atoms with E-state index in [1.807, 2.05) is 23.4 Å². The maximum Gasteiger partial charge on any atom is 0.236 e. The number of rotatable bonds is 5. The van der Waals surface area contributed by atoms with Crippen molar-refractivity contribution in [1.29, 1.82) is 0 Å². The van der Waals surface area contributed by atoms with E-state index in [1.54, 1.807) is 4.90 Å². The highest BCUT2D eigenvalue weighted by atomic mass is 32.2. The second kappa shape index (κ2) is 8.88. The van der Waals surface area contributed by atoms with Crippen molar-refractivity contribution >= 4 is 17.7 Å². The normalized spacial score (nSPS) is 16.8. The molecule has 2 heterocycles. The number of benzene rings is 1. The summed E-state index contributed by atoms with van der Waals surface area (Å²) < 4.78 is 1.99. The third kappa shape index (κ3) is 5.01. The quantitative estimate of drug-likeness (QED) is 0.758. The topological polar surface area (TPSA) is 55.5 Å². The van der Waals surface area contributed by atoms with Gasteiger partial charge < -0.3 is 14.4 Å². The molecule has 0 radical (unpaired) electrons. The maximum atomic E-state index is 12.9. The summed E-state index contributed by atoms with van der Waals surface area (Å²) >= 11 is 1.49. The van der Waals surface area contributed by atoms with Crippen LogP contribution in [0.25, 0.3) is 11.4 Å². The number of nitrogens with zero attached hydrogens (tertiary/aromatic N) is 4. The van der Waals surface area contributed by atoms with Crippen LogP contribution in [0.3, 0.4) is 0 Å². The Kier molecular flexibility index (Phi) is 6.69. The molecule has 158 valence electrons. The SMILES string of the molecule is CC[NH+]1CCN(C(=O)[C@@H](C)Sc2nnc(-c3ccc(C(C)(C)C)cc3)n2C)CC1. The number of carbonyl (C=O) groups is 1. The molecule has 0 aliphatic carbocycles. The molecular weight excluding hydrogens is 382 g/mol. The molecule has 1 aliphatic rings. The molecule has 3 rings (SSSR count). The van der Waals surface area contributed by atoms with E-state index in [9.17, 15) is 4.79 Å². The molecular formula is C22H34N5OS+. The Labute approximate surface area is 178 Å². The van der Waals surface area contributed by atoms with Gasteiger partial charge in [-0.1, -0.05) is 56.8 Å². The summed E-state index contributed by atoms with van der Waals surface area (Å²) in [6.07, 6.45) is 0. The van der Waals surface area contributed by atoms with Gasteiger partial charge in [0.15, 0.2) is 11.0 Å². The van der Waals surface area contributed by atoms with Crippen molar-refractivity contribution in [3.63, 3.8) is 0 Å². The van der Waals surface area contributed by atoms with E-state index in [4.69, 9.17) is 0 Å². The van der Waals surface area contributed by atoms with E-state index < -0.39 is 0 Å². The number of carbonyl (C=O) groups excluding carboxylic acids is 1. The number of hydrogen-bond acceptors (Lipinski definition) is 4. The Morgan fingerprint density at radius 3 is 2.34 bits per heavy atom. The lowest BCUT2D eigenvalue weighted by Crippen LogP contribution is -3.14. The first-order valence-electron chi connectivity index (χ1n) is 10.5. The Morgan fingerprint density at radius 1 is 1.17 bits per heavy atom. The Balaban J connectivity index is 1.67. The van der Waals surface area contributed by atoms with Gasteiger partial charge in [0.2, 0.25) is 5.91 Å². The van der Waals surface area contributed by atoms with Gasteiger partial charge in [0.05, 0.1) is 38.0 Å². The molecule has 0 bridgehead atoms. The van der Waals surface area contributed by atoms with Gasteiger partial charge in [-0.25, -0.2) is 0 Å². The van der Waals surface area contributed by atoms with Gasteiger partial charge >= 0.3 is 0 Å². The predicted octanol–water partition coefficient (Wildman–Crippen LogP) is 2.01. The predicted molar refractivity (Wildman–Crippen MR) is 118 cm³/mol. The van der Waals surface area contributed by atoms with E-state index in [0.717, 1.165) is 49.3 Å². The van der Waals surface area contributed by atoms with Gasteiger partial charge in [0.25, 0.3) is 0 Å². The zero-order chi connectivity index (χ0) is 21.2. The van der Waals surface area contributed by atoms with Crippen LogP contribution in [-0.4, -0.2) is 63.5 Å². The summed E-state index contributed by atoms with van der Waals surface area (Å²) in [6.45, 7) is 15.7. The second-order valence-corrected chi connectivity index (χ2v) is 10.2. The maximum absolute atomic E-state index is 12.9. The second-order valence-electron chi connectivity index (χ2n) is 8.88. The molecule has 1 atom stereocenters. The number of amides is 1. The van der Waals surface area contributed by atoms with Crippen molar-refractivity contribution < 1.29 is 9.69 Å². The highest BCUT2D eigenvalue weighted by Crippen LogP contribution is 2.28. The van der Waals surface area contributed by atoms with Crippen LogP contribution in [0.2, 0.25) is 0 Å². The number of piperazine rings is 1. The molecule has 0 unspecified atom stereocenters. The number of quaternary nitrogens is 1. The number of aromatic nitrogens is 3. The van der Waals surface area contributed by atoms with Crippen LogP contribution >= 0.6 is 11.8 Å². The molecule has 1 N–H and O–H groups in total. The summed E-state index contributed by atoms with van der Waals surface area (Å²) in [6, 6.07) is 8.51. The highest BCUT2D eigenvalue weighted by molar-refractivity contribution is 8.00. The average Bonchev–Trinajstić information content (AvgIpc) is 3.07. The van der Waals surface area contributed by atoms with Crippen molar-refractivity contribution in [2.24, 2.45) is 7.05 Å². The van der Waals surface area contributed by atoms with E-state index in [2.05, 4.69) is 62.2 Å². The van der Waals surface area contributed by atoms with E-state index in [-0.39, 0.29) is 16.6 Å². The summed E-state index contributed by atoms with van der Waals surface area (Å²) in [5.74, 6) is 1.03. The lowest BCUT2D eigenvalue weighted by atomic mass is 9.87. The molecule has 1 aromatic heterocycles. The first-order chi connectivity index (χ1) is 13.7. The minimum atomic E-state index is -0.169. The van der Waals surface area contributed by atoms with Gasteiger partial charge in [-0.15, -0.1) is 10.2 Å². The first kappa shape index (κ1) is 21.8. The molecule has 0 spiro atoms. The Hall–Kier alpha value is -1.86. The number of thioether (sulfide) groups is 1. The molecule has 0 saturated carbocycles. The van der Waals surface area contributed by atoms with Crippen LogP contribution in [0.15, 0.2) is 29.4 Å². The van der Waals surface area contributed by atoms with Crippen molar-refractivity contribution in [3.8, 4) is 11.4 Å². The molecule has 1 aliphatic heterocycles. The summed E-state index contributed by atoms with van der Waals surface area (Å²) in [4.78, 5) is 16.4. The minimum Gasteiger partial charge on any atom is -0.332 e. The van der Waals surface area contributed by atoms with Crippen LogP contribution in [0, 0.1) is 0 Å². The molecule has 1 saturated heterocycles.